The number of amidine groups is 1. The van der Waals surface area contributed by atoms with Crippen LogP contribution in [-0.2, 0) is 0 Å². The van der Waals surface area contributed by atoms with Crippen molar-refractivity contribution in [3.63, 3.8) is 0 Å². The van der Waals surface area contributed by atoms with Gasteiger partial charge in [0, 0.05) is 38.5 Å². The summed E-state index contributed by atoms with van der Waals surface area (Å²) in [5.41, 5.74) is 5.47. The zero-order valence-corrected chi connectivity index (χ0v) is 9.46. The Kier molecular flexibility index (Phi) is 5.06. The van der Waals surface area contributed by atoms with Crippen molar-refractivity contribution in [2.45, 2.75) is 0 Å². The molecule has 0 aliphatic carbocycles. The zero-order valence-electron chi connectivity index (χ0n) is 8.65. The van der Waals surface area contributed by atoms with Crippen molar-refractivity contribution in [3.05, 3.63) is 0 Å². The summed E-state index contributed by atoms with van der Waals surface area (Å²) in [5, 5.41) is 3.89. The molecular formula is C8H19N5S. The summed E-state index contributed by atoms with van der Waals surface area (Å²) in [6, 6.07) is 0. The smallest absolute Gasteiger partial charge is 0.177 e. The summed E-state index contributed by atoms with van der Waals surface area (Å²) in [6.45, 7) is 5.68. The van der Waals surface area contributed by atoms with Gasteiger partial charge in [-0.3, -0.25) is 4.90 Å². The van der Waals surface area contributed by atoms with Gasteiger partial charge in [-0.05, 0) is 7.05 Å². The van der Waals surface area contributed by atoms with Gasteiger partial charge in [0.05, 0.1) is 0 Å². The second-order valence-corrected chi connectivity index (χ2v) is 4.58. The summed E-state index contributed by atoms with van der Waals surface area (Å²) in [5.74, 6) is 6.00. The largest absolute Gasteiger partial charge is 0.377 e. The quantitative estimate of drug-likeness (QED) is 0.279. The number of hydrogen-bond acceptors (Lipinski definition) is 5. The van der Waals surface area contributed by atoms with E-state index in [-0.39, 0.29) is 0 Å². The molecule has 1 aliphatic heterocycles. The van der Waals surface area contributed by atoms with Crippen LogP contribution < -0.4 is 11.6 Å². The highest BCUT2D eigenvalue weighted by Crippen LogP contribution is 2.03. The predicted molar refractivity (Wildman–Crippen MR) is 62.2 cm³/mol. The lowest BCUT2D eigenvalue weighted by atomic mass is 10.3. The van der Waals surface area contributed by atoms with Crippen LogP contribution in [0.5, 0.6) is 0 Å². The molecule has 0 unspecified atom stereocenters. The van der Waals surface area contributed by atoms with Crippen LogP contribution in [0.2, 0.25) is 0 Å². The maximum absolute atomic E-state index is 5.47. The minimum atomic E-state index is 0.471. The first-order valence-electron chi connectivity index (χ1n) is 4.79. The van der Waals surface area contributed by atoms with Crippen molar-refractivity contribution in [2.75, 3.05) is 45.5 Å². The van der Waals surface area contributed by atoms with Gasteiger partial charge in [0.1, 0.15) is 0 Å². The maximum atomic E-state index is 5.47. The van der Waals surface area contributed by atoms with Crippen LogP contribution in [0.15, 0.2) is 5.10 Å². The van der Waals surface area contributed by atoms with E-state index >= 15 is 0 Å². The van der Waals surface area contributed by atoms with Crippen LogP contribution in [0, 0.1) is 0 Å². The summed E-state index contributed by atoms with van der Waals surface area (Å²) < 4.78 is 0. The summed E-state index contributed by atoms with van der Waals surface area (Å²) in [7, 11) is 2.16. The van der Waals surface area contributed by atoms with Crippen molar-refractivity contribution in [2.24, 2.45) is 16.7 Å². The van der Waals surface area contributed by atoms with Gasteiger partial charge in [0.2, 0.25) is 0 Å². The number of piperazine rings is 1. The van der Waals surface area contributed by atoms with E-state index in [0.717, 1.165) is 38.5 Å². The number of nitrogens with zero attached hydrogens (tertiary/aromatic N) is 3. The Hall–Kier alpha value is -0.460. The molecule has 0 atom stereocenters. The van der Waals surface area contributed by atoms with Crippen LogP contribution >= 0.6 is 11.8 Å². The molecular weight excluding hydrogens is 198 g/mol. The molecule has 6 heteroatoms. The van der Waals surface area contributed by atoms with Crippen LogP contribution in [0.1, 0.15) is 0 Å². The molecule has 4 N–H and O–H groups in total. The molecule has 0 aromatic rings. The van der Waals surface area contributed by atoms with E-state index in [1.54, 1.807) is 0 Å². The highest BCUT2D eigenvalue weighted by molar-refractivity contribution is 8.13. The van der Waals surface area contributed by atoms with E-state index in [1.807, 2.05) is 0 Å². The molecule has 1 saturated heterocycles. The van der Waals surface area contributed by atoms with Crippen molar-refractivity contribution < 1.29 is 0 Å². The first-order chi connectivity index (χ1) is 6.72. The lowest BCUT2D eigenvalue weighted by molar-refractivity contribution is 0.161. The van der Waals surface area contributed by atoms with Gasteiger partial charge in [-0.1, -0.05) is 11.8 Å². The molecule has 0 radical (unpaired) electrons. The van der Waals surface area contributed by atoms with Crippen LogP contribution in [0.25, 0.3) is 0 Å². The normalized spacial score (nSPS) is 21.4. The zero-order chi connectivity index (χ0) is 10.4. The standard InChI is InChI=1S/C8H19N5S/c1-12-2-4-13(5-3-12)6-7-14-8(9)11-10/h2-7,10H2,1H3,(H2,9,11). The van der Waals surface area contributed by atoms with Crippen molar-refractivity contribution in [1.29, 1.82) is 0 Å². The Morgan fingerprint density at radius 3 is 2.57 bits per heavy atom. The minimum absolute atomic E-state index is 0.471. The van der Waals surface area contributed by atoms with Gasteiger partial charge < -0.3 is 16.5 Å². The Bertz CT molecular complexity index is 188. The van der Waals surface area contributed by atoms with Gasteiger partial charge in [-0.2, -0.15) is 5.10 Å². The monoisotopic (exact) mass is 217 g/mol. The molecule has 0 aromatic carbocycles. The van der Waals surface area contributed by atoms with E-state index in [4.69, 9.17) is 11.6 Å². The molecule has 0 saturated carbocycles. The average molecular weight is 217 g/mol. The van der Waals surface area contributed by atoms with Gasteiger partial charge in [0.15, 0.2) is 5.17 Å². The fraction of sp³-hybridized carbons (Fsp3) is 0.875. The molecule has 0 aromatic heterocycles. The molecule has 1 fully saturated rings. The molecule has 1 heterocycles. The summed E-state index contributed by atoms with van der Waals surface area (Å²) in [4.78, 5) is 4.79. The molecule has 1 aliphatic rings. The van der Waals surface area contributed by atoms with Crippen molar-refractivity contribution in [1.82, 2.24) is 9.80 Å². The number of hydrazone groups is 1. The summed E-state index contributed by atoms with van der Waals surface area (Å²) in [6.07, 6.45) is 0. The third kappa shape index (κ3) is 4.17. The van der Waals surface area contributed by atoms with E-state index in [0.29, 0.717) is 5.17 Å². The Labute approximate surface area is 89.5 Å². The van der Waals surface area contributed by atoms with Crippen LogP contribution in [0.3, 0.4) is 0 Å². The number of likely N-dealkylation sites (N-methyl/N-ethyl adjacent to an activating group) is 1. The lowest BCUT2D eigenvalue weighted by Gasteiger charge is -2.32. The molecule has 0 spiro atoms. The highest BCUT2D eigenvalue weighted by atomic mass is 32.2. The van der Waals surface area contributed by atoms with E-state index < -0.39 is 0 Å². The van der Waals surface area contributed by atoms with E-state index in [9.17, 15) is 0 Å². The van der Waals surface area contributed by atoms with Gasteiger partial charge in [0.25, 0.3) is 0 Å². The van der Waals surface area contributed by atoms with Gasteiger partial charge in [-0.25, -0.2) is 0 Å². The Balaban J connectivity index is 2.07. The third-order valence-electron chi connectivity index (χ3n) is 2.38. The Morgan fingerprint density at radius 1 is 1.36 bits per heavy atom. The molecule has 5 nitrogen and oxygen atoms in total. The molecule has 1 rings (SSSR count). The van der Waals surface area contributed by atoms with E-state index in [2.05, 4.69) is 21.9 Å². The summed E-state index contributed by atoms with van der Waals surface area (Å²) >= 11 is 1.52. The predicted octanol–water partition coefficient (Wildman–Crippen LogP) is -0.845. The average Bonchev–Trinajstić information content (AvgIpc) is 2.21. The highest BCUT2D eigenvalue weighted by Gasteiger charge is 2.12. The fourth-order valence-corrected chi connectivity index (χ4v) is 2.02. The maximum Gasteiger partial charge on any atom is 0.177 e. The van der Waals surface area contributed by atoms with Gasteiger partial charge >= 0.3 is 0 Å². The number of nitrogens with two attached hydrogens (primary N) is 2. The molecule has 82 valence electrons. The van der Waals surface area contributed by atoms with E-state index in [1.165, 1.54) is 11.8 Å². The minimum Gasteiger partial charge on any atom is -0.377 e. The first kappa shape index (κ1) is 11.6. The first-order valence-corrected chi connectivity index (χ1v) is 5.78. The Morgan fingerprint density at radius 2 is 2.00 bits per heavy atom. The third-order valence-corrected chi connectivity index (χ3v) is 3.17. The van der Waals surface area contributed by atoms with Crippen LogP contribution in [0.4, 0.5) is 0 Å². The lowest BCUT2D eigenvalue weighted by Crippen LogP contribution is -2.45. The topological polar surface area (TPSA) is 70.9 Å². The second-order valence-electron chi connectivity index (χ2n) is 3.46. The second kappa shape index (κ2) is 6.10. The molecule has 14 heavy (non-hydrogen) atoms. The number of hydrogen-bond donors (Lipinski definition) is 2. The SMILES string of the molecule is CN1CCN(CCSC(N)=NN)CC1. The van der Waals surface area contributed by atoms with Gasteiger partial charge in [-0.15, -0.1) is 0 Å². The molecule has 0 amide bonds. The van der Waals surface area contributed by atoms with Crippen molar-refractivity contribution >= 4 is 16.9 Å². The van der Waals surface area contributed by atoms with Crippen molar-refractivity contribution in [3.8, 4) is 0 Å². The number of rotatable bonds is 3. The fourth-order valence-electron chi connectivity index (χ4n) is 1.39. The molecule has 0 bridgehead atoms. The van der Waals surface area contributed by atoms with Crippen LogP contribution in [-0.4, -0.2) is 60.5 Å². The number of thioether (sulfide) groups is 1.